The van der Waals surface area contributed by atoms with E-state index in [1.54, 1.807) is 19.2 Å². The van der Waals surface area contributed by atoms with Crippen LogP contribution < -0.4 is 0 Å². The lowest BCUT2D eigenvalue weighted by Gasteiger charge is -2.15. The highest BCUT2D eigenvalue weighted by Crippen LogP contribution is 2.10. The molecule has 0 aliphatic carbocycles. The Balaban J connectivity index is 3.13. The summed E-state index contributed by atoms with van der Waals surface area (Å²) in [4.78, 5) is 24.1. The number of hydrogen-bond donors (Lipinski definition) is 1. The van der Waals surface area contributed by atoms with Crippen molar-refractivity contribution in [2.75, 3.05) is 13.6 Å². The predicted octanol–water partition coefficient (Wildman–Crippen LogP) is 1.48. The number of rotatable bonds is 3. The molecular formula is C11H13NO3. The lowest BCUT2D eigenvalue weighted by molar-refractivity contribution is 0.0682. The molecular weight excluding hydrogens is 194 g/mol. The van der Waals surface area contributed by atoms with Crippen molar-refractivity contribution >= 4 is 11.9 Å². The van der Waals surface area contributed by atoms with Gasteiger partial charge < -0.3 is 10.0 Å². The molecule has 1 aromatic rings. The van der Waals surface area contributed by atoms with Gasteiger partial charge in [0.1, 0.15) is 0 Å². The molecule has 0 aromatic heterocycles. The fourth-order valence-electron chi connectivity index (χ4n) is 1.21. The van der Waals surface area contributed by atoms with Crippen molar-refractivity contribution < 1.29 is 14.7 Å². The normalized spacial score (nSPS) is 9.73. The van der Waals surface area contributed by atoms with Gasteiger partial charge in [-0.15, -0.1) is 0 Å². The molecule has 1 amide bonds. The van der Waals surface area contributed by atoms with Crippen LogP contribution in [0.5, 0.6) is 0 Å². The zero-order valence-electron chi connectivity index (χ0n) is 8.73. The first-order valence-corrected chi connectivity index (χ1v) is 4.65. The highest BCUT2D eigenvalue weighted by atomic mass is 16.4. The first-order valence-electron chi connectivity index (χ1n) is 4.65. The fourth-order valence-corrected chi connectivity index (χ4v) is 1.21. The van der Waals surface area contributed by atoms with Gasteiger partial charge >= 0.3 is 5.97 Å². The van der Waals surface area contributed by atoms with E-state index in [1.807, 2.05) is 6.92 Å². The van der Waals surface area contributed by atoms with Gasteiger partial charge in [-0.2, -0.15) is 0 Å². The summed E-state index contributed by atoms with van der Waals surface area (Å²) in [6, 6.07) is 6.21. The Morgan fingerprint density at radius 2 is 1.80 bits per heavy atom. The maximum Gasteiger partial charge on any atom is 0.336 e. The van der Waals surface area contributed by atoms with E-state index in [2.05, 4.69) is 0 Å². The monoisotopic (exact) mass is 207 g/mol. The number of amides is 1. The van der Waals surface area contributed by atoms with Crippen LogP contribution in [0.2, 0.25) is 0 Å². The highest BCUT2D eigenvalue weighted by Gasteiger charge is 2.17. The Bertz CT molecular complexity index is 387. The largest absolute Gasteiger partial charge is 0.478 e. The van der Waals surface area contributed by atoms with E-state index in [0.29, 0.717) is 6.54 Å². The molecule has 0 unspecified atom stereocenters. The molecule has 4 heteroatoms. The van der Waals surface area contributed by atoms with Gasteiger partial charge in [0, 0.05) is 13.6 Å². The minimum absolute atomic E-state index is 0.0443. The van der Waals surface area contributed by atoms with E-state index >= 15 is 0 Å². The van der Waals surface area contributed by atoms with E-state index in [4.69, 9.17) is 5.11 Å². The second-order valence-electron chi connectivity index (χ2n) is 3.17. The summed E-state index contributed by atoms with van der Waals surface area (Å²) in [7, 11) is 1.64. The van der Waals surface area contributed by atoms with Gasteiger partial charge in [-0.3, -0.25) is 4.79 Å². The molecule has 0 saturated carbocycles. The van der Waals surface area contributed by atoms with Crippen molar-refractivity contribution in [1.29, 1.82) is 0 Å². The summed E-state index contributed by atoms with van der Waals surface area (Å²) >= 11 is 0. The summed E-state index contributed by atoms with van der Waals surface area (Å²) in [6.45, 7) is 2.38. The van der Waals surface area contributed by atoms with Crippen molar-refractivity contribution in [2.24, 2.45) is 0 Å². The molecule has 80 valence electrons. The second-order valence-corrected chi connectivity index (χ2v) is 3.17. The van der Waals surface area contributed by atoms with Crippen LogP contribution in [0.25, 0.3) is 0 Å². The van der Waals surface area contributed by atoms with Crippen molar-refractivity contribution in [3.05, 3.63) is 35.4 Å². The first kappa shape index (κ1) is 11.2. The quantitative estimate of drug-likeness (QED) is 0.816. The van der Waals surface area contributed by atoms with Gasteiger partial charge in [-0.25, -0.2) is 4.79 Å². The summed E-state index contributed by atoms with van der Waals surface area (Å²) in [5.74, 6) is -1.35. The number of carbonyl (C=O) groups excluding carboxylic acids is 1. The van der Waals surface area contributed by atoms with E-state index in [1.165, 1.54) is 17.0 Å². The smallest absolute Gasteiger partial charge is 0.336 e. The van der Waals surface area contributed by atoms with Crippen molar-refractivity contribution in [3.63, 3.8) is 0 Å². The van der Waals surface area contributed by atoms with Gasteiger partial charge in [-0.1, -0.05) is 12.1 Å². The average molecular weight is 207 g/mol. The van der Waals surface area contributed by atoms with Crippen LogP contribution in [0.4, 0.5) is 0 Å². The third kappa shape index (κ3) is 2.34. The molecule has 0 bridgehead atoms. The van der Waals surface area contributed by atoms with Crippen LogP contribution in [0.15, 0.2) is 24.3 Å². The third-order valence-corrected chi connectivity index (χ3v) is 2.21. The SMILES string of the molecule is CCN(C)C(=O)c1ccccc1C(=O)O. The number of carbonyl (C=O) groups is 2. The number of carboxylic acids is 1. The Hall–Kier alpha value is -1.84. The van der Waals surface area contributed by atoms with E-state index < -0.39 is 5.97 Å². The minimum Gasteiger partial charge on any atom is -0.478 e. The molecule has 1 N–H and O–H groups in total. The predicted molar refractivity (Wildman–Crippen MR) is 56.0 cm³/mol. The topological polar surface area (TPSA) is 57.6 Å². The molecule has 0 heterocycles. The van der Waals surface area contributed by atoms with Crippen LogP contribution in [0, 0.1) is 0 Å². The van der Waals surface area contributed by atoms with Crippen LogP contribution in [0.3, 0.4) is 0 Å². The van der Waals surface area contributed by atoms with Gasteiger partial charge in [0.15, 0.2) is 0 Å². The van der Waals surface area contributed by atoms with Crippen LogP contribution >= 0.6 is 0 Å². The van der Waals surface area contributed by atoms with Gasteiger partial charge in [-0.05, 0) is 19.1 Å². The number of carboxylic acid groups (broad SMARTS) is 1. The van der Waals surface area contributed by atoms with E-state index in [0.717, 1.165) is 0 Å². The molecule has 15 heavy (non-hydrogen) atoms. The summed E-state index contributed by atoms with van der Waals surface area (Å²) < 4.78 is 0. The number of aromatic carboxylic acids is 1. The Labute approximate surface area is 88.1 Å². The lowest BCUT2D eigenvalue weighted by atomic mass is 10.1. The lowest BCUT2D eigenvalue weighted by Crippen LogP contribution is -2.27. The molecule has 1 rings (SSSR count). The maximum atomic E-state index is 11.8. The number of hydrogen-bond acceptors (Lipinski definition) is 2. The molecule has 0 aliphatic rings. The number of nitrogens with zero attached hydrogens (tertiary/aromatic N) is 1. The molecule has 0 spiro atoms. The molecule has 0 aliphatic heterocycles. The summed E-state index contributed by atoms with van der Waals surface area (Å²) in [5.41, 5.74) is 0.275. The zero-order chi connectivity index (χ0) is 11.4. The van der Waals surface area contributed by atoms with Gasteiger partial charge in [0.2, 0.25) is 0 Å². The van der Waals surface area contributed by atoms with Crippen molar-refractivity contribution in [2.45, 2.75) is 6.92 Å². The fraction of sp³-hybridized carbons (Fsp3) is 0.273. The molecule has 0 saturated heterocycles. The zero-order valence-corrected chi connectivity index (χ0v) is 8.73. The first-order chi connectivity index (χ1) is 7.07. The van der Waals surface area contributed by atoms with Crippen LogP contribution in [-0.4, -0.2) is 35.5 Å². The Morgan fingerprint density at radius 1 is 1.27 bits per heavy atom. The van der Waals surface area contributed by atoms with Gasteiger partial charge in [0.25, 0.3) is 5.91 Å². The summed E-state index contributed by atoms with van der Waals surface area (Å²) in [6.07, 6.45) is 0. The number of benzene rings is 1. The van der Waals surface area contributed by atoms with Crippen LogP contribution in [-0.2, 0) is 0 Å². The molecule has 0 radical (unpaired) electrons. The Kier molecular flexibility index (Phi) is 3.44. The summed E-state index contributed by atoms with van der Waals surface area (Å²) in [5, 5.41) is 8.90. The Morgan fingerprint density at radius 3 is 2.27 bits per heavy atom. The molecule has 0 atom stereocenters. The standard InChI is InChI=1S/C11H13NO3/c1-3-12(2)10(13)8-6-4-5-7-9(8)11(14)15/h4-7H,3H2,1-2H3,(H,14,15). The van der Waals surface area contributed by atoms with E-state index in [-0.39, 0.29) is 17.0 Å². The van der Waals surface area contributed by atoms with Gasteiger partial charge in [0.05, 0.1) is 11.1 Å². The molecule has 0 fully saturated rings. The van der Waals surface area contributed by atoms with Crippen molar-refractivity contribution in [1.82, 2.24) is 4.90 Å². The average Bonchev–Trinajstić information content (AvgIpc) is 2.27. The molecule has 1 aromatic carbocycles. The maximum absolute atomic E-state index is 11.8. The third-order valence-electron chi connectivity index (χ3n) is 2.21. The second kappa shape index (κ2) is 4.59. The minimum atomic E-state index is -1.08. The van der Waals surface area contributed by atoms with Crippen molar-refractivity contribution in [3.8, 4) is 0 Å². The molecule has 4 nitrogen and oxygen atoms in total. The highest BCUT2D eigenvalue weighted by molar-refractivity contribution is 6.04. The van der Waals surface area contributed by atoms with E-state index in [9.17, 15) is 9.59 Å². The van der Waals surface area contributed by atoms with Crippen LogP contribution in [0.1, 0.15) is 27.6 Å².